The molecule has 1 aliphatic rings. The number of aromatic nitrogens is 1. The molecule has 0 unspecified atom stereocenters. The van der Waals surface area contributed by atoms with Gasteiger partial charge in [0.15, 0.2) is 0 Å². The number of rotatable bonds is 4. The van der Waals surface area contributed by atoms with Gasteiger partial charge in [0.1, 0.15) is 5.82 Å². The first kappa shape index (κ1) is 21.8. The van der Waals surface area contributed by atoms with Crippen LogP contribution in [0.15, 0.2) is 35.4 Å². The van der Waals surface area contributed by atoms with Gasteiger partial charge >= 0.3 is 6.18 Å². The number of halogens is 4. The average Bonchev–Trinajstić information content (AvgIpc) is 2.66. The molecule has 1 saturated heterocycles. The minimum Gasteiger partial charge on any atom is -0.352 e. The van der Waals surface area contributed by atoms with Gasteiger partial charge in [0, 0.05) is 37.3 Å². The van der Waals surface area contributed by atoms with E-state index in [0.717, 1.165) is 22.7 Å². The van der Waals surface area contributed by atoms with Crippen molar-refractivity contribution in [2.45, 2.75) is 24.9 Å². The summed E-state index contributed by atoms with van der Waals surface area (Å²) in [7, 11) is 0. The highest BCUT2D eigenvalue weighted by molar-refractivity contribution is 8.00. The van der Waals surface area contributed by atoms with Crippen molar-refractivity contribution >= 4 is 35.1 Å². The minimum absolute atomic E-state index is 0.0370. The fourth-order valence-electron chi connectivity index (χ4n) is 3.18. The van der Waals surface area contributed by atoms with Crippen LogP contribution in [0.25, 0.3) is 0 Å². The molecule has 1 fully saturated rings. The van der Waals surface area contributed by atoms with Crippen molar-refractivity contribution in [3.8, 4) is 0 Å². The Balaban J connectivity index is 1.55. The fraction of sp³-hybridized carbons (Fsp3) is 0.400. The molecule has 0 saturated carbocycles. The number of alkyl halides is 3. The molecule has 0 N–H and O–H groups in total. The maximum atomic E-state index is 12.8. The standard InChI is InChI=1S/C20H21ClF3N3OS/c1-13-3-4-17(14(2)9-13)29-12-18(28)26-5-7-27(8-6-26)19-16(21)10-15(11-25-19)20(22,23)24/h3-4,9-11H,5-8,12H2,1-2H3. The van der Waals surface area contributed by atoms with Gasteiger partial charge in [-0.2, -0.15) is 13.2 Å². The van der Waals surface area contributed by atoms with Crippen molar-refractivity contribution in [2.24, 2.45) is 0 Å². The lowest BCUT2D eigenvalue weighted by Crippen LogP contribution is -2.49. The van der Waals surface area contributed by atoms with Gasteiger partial charge in [-0.25, -0.2) is 4.98 Å². The lowest BCUT2D eigenvalue weighted by molar-refractivity contribution is -0.137. The number of piperazine rings is 1. The number of aryl methyl sites for hydroxylation is 2. The molecule has 0 bridgehead atoms. The van der Waals surface area contributed by atoms with Crippen LogP contribution in [0.4, 0.5) is 19.0 Å². The molecule has 2 heterocycles. The van der Waals surface area contributed by atoms with Gasteiger partial charge in [-0.3, -0.25) is 4.79 Å². The molecular weight excluding hydrogens is 423 g/mol. The van der Waals surface area contributed by atoms with Gasteiger partial charge in [0.25, 0.3) is 0 Å². The van der Waals surface area contributed by atoms with E-state index in [0.29, 0.717) is 37.7 Å². The van der Waals surface area contributed by atoms with Gasteiger partial charge in [0.05, 0.1) is 16.3 Å². The predicted octanol–water partition coefficient (Wildman–Crippen LogP) is 4.81. The number of carbonyl (C=O) groups is 1. The highest BCUT2D eigenvalue weighted by Crippen LogP contribution is 2.33. The van der Waals surface area contributed by atoms with E-state index in [9.17, 15) is 18.0 Å². The molecule has 9 heteroatoms. The second kappa shape index (κ2) is 8.83. The largest absolute Gasteiger partial charge is 0.417 e. The van der Waals surface area contributed by atoms with E-state index in [4.69, 9.17) is 11.6 Å². The molecule has 0 aliphatic carbocycles. The summed E-state index contributed by atoms with van der Waals surface area (Å²) >= 11 is 7.54. The Morgan fingerprint density at radius 2 is 1.86 bits per heavy atom. The molecule has 0 atom stereocenters. The quantitative estimate of drug-likeness (QED) is 0.635. The highest BCUT2D eigenvalue weighted by atomic mass is 35.5. The Bertz CT molecular complexity index is 899. The molecule has 1 aliphatic heterocycles. The monoisotopic (exact) mass is 443 g/mol. The second-order valence-corrected chi connectivity index (χ2v) is 8.38. The molecule has 29 heavy (non-hydrogen) atoms. The van der Waals surface area contributed by atoms with Crippen LogP contribution in [0.2, 0.25) is 5.02 Å². The summed E-state index contributed by atoms with van der Waals surface area (Å²) in [6, 6.07) is 7.03. The van der Waals surface area contributed by atoms with Crippen LogP contribution in [0.3, 0.4) is 0 Å². The number of carbonyl (C=O) groups excluding carboxylic acids is 1. The third-order valence-corrected chi connectivity index (χ3v) is 6.20. The summed E-state index contributed by atoms with van der Waals surface area (Å²) in [6.45, 7) is 5.95. The van der Waals surface area contributed by atoms with E-state index in [-0.39, 0.29) is 10.9 Å². The number of anilines is 1. The lowest BCUT2D eigenvalue weighted by Gasteiger charge is -2.35. The number of nitrogens with zero attached hydrogens (tertiary/aromatic N) is 3. The van der Waals surface area contributed by atoms with Crippen LogP contribution in [-0.2, 0) is 11.0 Å². The van der Waals surface area contributed by atoms with Crippen molar-refractivity contribution in [3.63, 3.8) is 0 Å². The number of hydrogen-bond acceptors (Lipinski definition) is 4. The summed E-state index contributed by atoms with van der Waals surface area (Å²) in [4.78, 5) is 21.1. The molecule has 2 aromatic rings. The number of thioether (sulfide) groups is 1. The number of benzene rings is 1. The van der Waals surface area contributed by atoms with Crippen LogP contribution in [0, 0.1) is 13.8 Å². The van der Waals surface area contributed by atoms with Crippen LogP contribution in [0.1, 0.15) is 16.7 Å². The summed E-state index contributed by atoms with van der Waals surface area (Å²) in [5.74, 6) is 0.709. The first-order valence-electron chi connectivity index (χ1n) is 9.10. The van der Waals surface area contributed by atoms with Crippen LogP contribution < -0.4 is 4.90 Å². The van der Waals surface area contributed by atoms with Gasteiger partial charge < -0.3 is 9.80 Å². The minimum atomic E-state index is -4.48. The molecule has 4 nitrogen and oxygen atoms in total. The van der Waals surface area contributed by atoms with Crippen molar-refractivity contribution < 1.29 is 18.0 Å². The fourth-order valence-corrected chi connectivity index (χ4v) is 4.38. The normalized spacial score (nSPS) is 15.0. The molecule has 0 radical (unpaired) electrons. The molecule has 0 spiro atoms. The summed E-state index contributed by atoms with van der Waals surface area (Å²) < 4.78 is 38.3. The van der Waals surface area contributed by atoms with Crippen LogP contribution in [-0.4, -0.2) is 47.7 Å². The summed E-state index contributed by atoms with van der Waals surface area (Å²) in [5, 5.41) is -0.0370. The predicted molar refractivity (Wildman–Crippen MR) is 110 cm³/mol. The SMILES string of the molecule is Cc1ccc(SCC(=O)N2CCN(c3ncc(C(F)(F)F)cc3Cl)CC2)c(C)c1. The maximum absolute atomic E-state index is 12.8. The van der Waals surface area contributed by atoms with Gasteiger partial charge in [-0.15, -0.1) is 11.8 Å². The molecule has 1 aromatic heterocycles. The third-order valence-electron chi connectivity index (χ3n) is 4.76. The number of amides is 1. The third kappa shape index (κ3) is 5.36. The van der Waals surface area contributed by atoms with E-state index in [1.165, 1.54) is 17.3 Å². The van der Waals surface area contributed by atoms with Crippen molar-refractivity contribution in [2.75, 3.05) is 36.8 Å². The van der Waals surface area contributed by atoms with Gasteiger partial charge in [-0.1, -0.05) is 29.3 Å². The average molecular weight is 444 g/mol. The van der Waals surface area contributed by atoms with E-state index >= 15 is 0 Å². The first-order chi connectivity index (χ1) is 13.6. The van der Waals surface area contributed by atoms with E-state index < -0.39 is 11.7 Å². The zero-order valence-electron chi connectivity index (χ0n) is 16.1. The first-order valence-corrected chi connectivity index (χ1v) is 10.5. The summed E-state index contributed by atoms with van der Waals surface area (Å²) in [6.07, 6.45) is -3.69. The number of hydrogen-bond donors (Lipinski definition) is 0. The van der Waals surface area contributed by atoms with Crippen LogP contribution in [0.5, 0.6) is 0 Å². The Kier molecular flexibility index (Phi) is 6.63. The Hall–Kier alpha value is -1.93. The van der Waals surface area contributed by atoms with Crippen molar-refractivity contribution in [1.82, 2.24) is 9.88 Å². The molecule has 1 amide bonds. The van der Waals surface area contributed by atoms with Gasteiger partial charge in [-0.05, 0) is 31.5 Å². The lowest BCUT2D eigenvalue weighted by atomic mass is 10.2. The Labute approximate surface area is 177 Å². The van der Waals surface area contributed by atoms with E-state index in [1.807, 2.05) is 30.9 Å². The number of pyridine rings is 1. The highest BCUT2D eigenvalue weighted by Gasteiger charge is 2.32. The van der Waals surface area contributed by atoms with Gasteiger partial charge in [0.2, 0.25) is 5.91 Å². The summed E-state index contributed by atoms with van der Waals surface area (Å²) in [5.41, 5.74) is 1.46. The zero-order valence-corrected chi connectivity index (χ0v) is 17.7. The Morgan fingerprint density at radius 3 is 2.45 bits per heavy atom. The second-order valence-electron chi connectivity index (χ2n) is 6.95. The maximum Gasteiger partial charge on any atom is 0.417 e. The van der Waals surface area contributed by atoms with E-state index in [2.05, 4.69) is 11.1 Å². The van der Waals surface area contributed by atoms with Crippen molar-refractivity contribution in [1.29, 1.82) is 0 Å². The Morgan fingerprint density at radius 1 is 1.17 bits per heavy atom. The topological polar surface area (TPSA) is 36.4 Å². The van der Waals surface area contributed by atoms with E-state index in [1.54, 1.807) is 4.90 Å². The molecule has 1 aromatic carbocycles. The van der Waals surface area contributed by atoms with Crippen LogP contribution >= 0.6 is 23.4 Å². The zero-order chi connectivity index (χ0) is 21.2. The molecular formula is C20H21ClF3N3OS. The smallest absolute Gasteiger partial charge is 0.352 e. The molecule has 3 rings (SSSR count). The van der Waals surface area contributed by atoms with Crippen molar-refractivity contribution in [3.05, 3.63) is 52.2 Å². The molecule has 156 valence electrons.